The van der Waals surface area contributed by atoms with E-state index in [4.69, 9.17) is 9.47 Å². The largest absolute Gasteiger partial charge is 0.445 e. The molecule has 144 valence electrons. The minimum atomic E-state index is -1.05. The topological polar surface area (TPSA) is 120 Å². The van der Waals surface area contributed by atoms with Crippen molar-refractivity contribution in [3.63, 3.8) is 0 Å². The number of hydrogen-bond acceptors (Lipinski definition) is 7. The van der Waals surface area contributed by atoms with Crippen LogP contribution in [0.1, 0.15) is 20.8 Å². The van der Waals surface area contributed by atoms with E-state index in [1.807, 2.05) is 4.90 Å². The van der Waals surface area contributed by atoms with E-state index in [2.05, 4.69) is 17.2 Å². The van der Waals surface area contributed by atoms with Gasteiger partial charge in [0.1, 0.15) is 17.8 Å². The standard InChI is InChI=1S/C16H29N3O6/c1-5-6-24-13(21)18-9-16(23)10-19(11-16)8-12(20)7-17-14(22)25-15(2,3)4/h5,12,20,23H,1,6-11H2,2-4H3,(H,17,22)(H,18,21)/t12-/m0/s1. The monoisotopic (exact) mass is 359 g/mol. The summed E-state index contributed by atoms with van der Waals surface area (Å²) >= 11 is 0. The Labute approximate surface area is 148 Å². The minimum Gasteiger partial charge on any atom is -0.445 e. The molecule has 1 saturated heterocycles. The van der Waals surface area contributed by atoms with Crippen LogP contribution in [0.25, 0.3) is 0 Å². The summed E-state index contributed by atoms with van der Waals surface area (Å²) in [6.07, 6.45) is -0.545. The van der Waals surface area contributed by atoms with Crippen molar-refractivity contribution in [2.45, 2.75) is 38.1 Å². The molecule has 1 atom stereocenters. The average Bonchev–Trinajstić information content (AvgIpc) is 2.45. The molecule has 0 spiro atoms. The van der Waals surface area contributed by atoms with Crippen LogP contribution in [0.15, 0.2) is 12.7 Å². The van der Waals surface area contributed by atoms with Crippen LogP contribution in [0.2, 0.25) is 0 Å². The molecule has 0 unspecified atom stereocenters. The van der Waals surface area contributed by atoms with Crippen molar-refractivity contribution in [1.82, 2.24) is 15.5 Å². The van der Waals surface area contributed by atoms with Gasteiger partial charge in [0.15, 0.2) is 0 Å². The van der Waals surface area contributed by atoms with Gasteiger partial charge in [-0.3, -0.25) is 4.90 Å². The first-order valence-electron chi connectivity index (χ1n) is 8.14. The molecule has 1 heterocycles. The Morgan fingerprint density at radius 2 is 1.96 bits per heavy atom. The Hall–Kier alpha value is -1.84. The van der Waals surface area contributed by atoms with Crippen molar-refractivity contribution in [1.29, 1.82) is 0 Å². The zero-order chi connectivity index (χ0) is 19.1. The zero-order valence-electron chi connectivity index (χ0n) is 15.1. The van der Waals surface area contributed by atoms with E-state index in [9.17, 15) is 19.8 Å². The fraction of sp³-hybridized carbons (Fsp3) is 0.750. The number of hydrogen-bond donors (Lipinski definition) is 4. The van der Waals surface area contributed by atoms with Crippen LogP contribution in [0.5, 0.6) is 0 Å². The van der Waals surface area contributed by atoms with Crippen molar-refractivity contribution in [3.8, 4) is 0 Å². The number of carbonyl (C=O) groups excluding carboxylic acids is 2. The summed E-state index contributed by atoms with van der Waals surface area (Å²) in [5.74, 6) is 0. The van der Waals surface area contributed by atoms with E-state index < -0.39 is 29.5 Å². The molecule has 0 saturated carbocycles. The normalized spacial score (nSPS) is 17.8. The molecule has 25 heavy (non-hydrogen) atoms. The third-order valence-corrected chi connectivity index (χ3v) is 3.28. The van der Waals surface area contributed by atoms with Crippen molar-refractivity contribution >= 4 is 12.2 Å². The summed E-state index contributed by atoms with van der Waals surface area (Å²) in [7, 11) is 0. The number of rotatable bonds is 8. The van der Waals surface area contributed by atoms with Crippen molar-refractivity contribution in [2.75, 3.05) is 39.3 Å². The second kappa shape index (κ2) is 9.02. The van der Waals surface area contributed by atoms with Crippen LogP contribution >= 0.6 is 0 Å². The predicted octanol–water partition coefficient (Wildman–Crippen LogP) is -0.169. The lowest BCUT2D eigenvalue weighted by molar-refractivity contribution is -0.105. The molecule has 9 nitrogen and oxygen atoms in total. The summed E-state index contributed by atoms with van der Waals surface area (Å²) in [6.45, 7) is 9.81. The summed E-state index contributed by atoms with van der Waals surface area (Å²) in [5, 5.41) is 25.1. The first-order valence-corrected chi connectivity index (χ1v) is 8.14. The smallest absolute Gasteiger partial charge is 0.407 e. The number of ether oxygens (including phenoxy) is 2. The molecule has 0 aliphatic carbocycles. The molecule has 0 aromatic carbocycles. The van der Waals surface area contributed by atoms with Crippen molar-refractivity contribution in [2.24, 2.45) is 0 Å². The molecular weight excluding hydrogens is 330 g/mol. The fourth-order valence-electron chi connectivity index (χ4n) is 2.33. The van der Waals surface area contributed by atoms with Crippen molar-refractivity contribution in [3.05, 3.63) is 12.7 Å². The number of amides is 2. The van der Waals surface area contributed by atoms with E-state index in [0.717, 1.165) is 0 Å². The molecule has 0 radical (unpaired) electrons. The third kappa shape index (κ3) is 8.71. The molecule has 2 amide bonds. The SMILES string of the molecule is C=CCOC(=O)NCC1(O)CN(C[C@@H](O)CNC(=O)OC(C)(C)C)C1. The molecule has 0 aromatic heterocycles. The zero-order valence-corrected chi connectivity index (χ0v) is 15.1. The van der Waals surface area contributed by atoms with Gasteiger partial charge in [-0.1, -0.05) is 12.7 Å². The minimum absolute atomic E-state index is 0.0516. The highest BCUT2D eigenvalue weighted by Crippen LogP contribution is 2.20. The highest BCUT2D eigenvalue weighted by atomic mass is 16.6. The number of nitrogens with one attached hydrogen (secondary N) is 2. The molecule has 9 heteroatoms. The lowest BCUT2D eigenvalue weighted by atomic mass is 9.94. The van der Waals surface area contributed by atoms with Gasteiger partial charge in [-0.2, -0.15) is 0 Å². The van der Waals surface area contributed by atoms with Gasteiger partial charge in [0.05, 0.1) is 12.6 Å². The Morgan fingerprint density at radius 1 is 1.32 bits per heavy atom. The number of aliphatic hydroxyl groups excluding tert-OH is 1. The summed E-state index contributed by atoms with van der Waals surface area (Å²) in [6, 6.07) is 0. The summed E-state index contributed by atoms with van der Waals surface area (Å²) in [5.41, 5.74) is -1.64. The van der Waals surface area contributed by atoms with Gasteiger partial charge in [0.2, 0.25) is 0 Å². The Morgan fingerprint density at radius 3 is 2.52 bits per heavy atom. The highest BCUT2D eigenvalue weighted by Gasteiger charge is 2.41. The van der Waals surface area contributed by atoms with E-state index in [1.165, 1.54) is 6.08 Å². The maximum absolute atomic E-state index is 11.5. The molecule has 4 N–H and O–H groups in total. The van der Waals surface area contributed by atoms with Crippen LogP contribution in [0, 0.1) is 0 Å². The molecule has 1 aliphatic heterocycles. The van der Waals surface area contributed by atoms with Crippen LogP contribution < -0.4 is 10.6 Å². The third-order valence-electron chi connectivity index (χ3n) is 3.28. The Bertz CT molecular complexity index is 471. The van der Waals surface area contributed by atoms with E-state index >= 15 is 0 Å². The Balaban J connectivity index is 2.18. The second-order valence-electron chi connectivity index (χ2n) is 7.17. The van der Waals surface area contributed by atoms with Gasteiger partial charge in [-0.25, -0.2) is 9.59 Å². The van der Waals surface area contributed by atoms with E-state index in [1.54, 1.807) is 20.8 Å². The second-order valence-corrected chi connectivity index (χ2v) is 7.17. The van der Waals surface area contributed by atoms with Crippen molar-refractivity contribution < 1.29 is 29.3 Å². The van der Waals surface area contributed by atoms with E-state index in [-0.39, 0.29) is 19.7 Å². The Kier molecular flexibility index (Phi) is 7.65. The van der Waals surface area contributed by atoms with E-state index in [0.29, 0.717) is 19.6 Å². The van der Waals surface area contributed by atoms with Gasteiger partial charge < -0.3 is 30.3 Å². The molecule has 1 rings (SSSR count). The number of alkyl carbamates (subject to hydrolysis) is 2. The molecule has 1 aliphatic rings. The number of β-amino-alcohol motifs (C(OH)–C–C–N with tert-alkyl or cyclic N) is 2. The predicted molar refractivity (Wildman–Crippen MR) is 91.2 cm³/mol. The lowest BCUT2D eigenvalue weighted by Crippen LogP contribution is -2.67. The summed E-state index contributed by atoms with van der Waals surface area (Å²) in [4.78, 5) is 24.6. The average molecular weight is 359 g/mol. The maximum Gasteiger partial charge on any atom is 0.407 e. The summed E-state index contributed by atoms with van der Waals surface area (Å²) < 4.78 is 9.83. The van der Waals surface area contributed by atoms with Gasteiger partial charge in [0.25, 0.3) is 0 Å². The first-order chi connectivity index (χ1) is 11.5. The van der Waals surface area contributed by atoms with Crippen LogP contribution in [0.4, 0.5) is 9.59 Å². The molecule has 1 fully saturated rings. The first kappa shape index (κ1) is 21.2. The van der Waals surface area contributed by atoms with Gasteiger partial charge >= 0.3 is 12.2 Å². The van der Waals surface area contributed by atoms with Crippen LogP contribution in [-0.4, -0.2) is 83.9 Å². The number of carbonyl (C=O) groups is 2. The van der Waals surface area contributed by atoms with Gasteiger partial charge in [-0.05, 0) is 20.8 Å². The number of likely N-dealkylation sites (tertiary alicyclic amines) is 1. The fourth-order valence-corrected chi connectivity index (χ4v) is 2.33. The van der Waals surface area contributed by atoms with Crippen LogP contribution in [0.3, 0.4) is 0 Å². The molecule has 0 bridgehead atoms. The van der Waals surface area contributed by atoms with Crippen LogP contribution in [-0.2, 0) is 9.47 Å². The quantitative estimate of drug-likeness (QED) is 0.444. The highest BCUT2D eigenvalue weighted by molar-refractivity contribution is 5.67. The lowest BCUT2D eigenvalue weighted by Gasteiger charge is -2.47. The molecule has 0 aromatic rings. The number of nitrogens with zero attached hydrogens (tertiary/aromatic N) is 1. The molecular formula is C16H29N3O6. The number of aliphatic hydroxyl groups is 2. The maximum atomic E-state index is 11.5. The van der Waals surface area contributed by atoms with Gasteiger partial charge in [0, 0.05) is 26.2 Å². The van der Waals surface area contributed by atoms with Gasteiger partial charge in [-0.15, -0.1) is 0 Å².